The van der Waals surface area contributed by atoms with Crippen LogP contribution in [-0.4, -0.2) is 32.1 Å². The molecule has 0 aliphatic rings. The fourth-order valence-electron chi connectivity index (χ4n) is 2.36. The van der Waals surface area contributed by atoms with Crippen molar-refractivity contribution in [3.05, 3.63) is 66.7 Å². The van der Waals surface area contributed by atoms with E-state index in [1.807, 2.05) is 24.3 Å². The fourth-order valence-corrected chi connectivity index (χ4v) is 2.36. The van der Waals surface area contributed by atoms with Crippen LogP contribution in [0.4, 0.5) is 5.69 Å². The number of hydrogen-bond donors (Lipinski definition) is 2. The molecule has 0 bridgehead atoms. The van der Waals surface area contributed by atoms with Crippen molar-refractivity contribution in [2.45, 2.75) is 12.8 Å². The Morgan fingerprint density at radius 3 is 2.48 bits per heavy atom. The molecule has 0 atom stereocenters. The second kappa shape index (κ2) is 10.7. The molecule has 0 aliphatic carbocycles. The third-order valence-electron chi connectivity index (χ3n) is 3.73. The minimum Gasteiger partial charge on any atom is -0.497 e. The third-order valence-corrected chi connectivity index (χ3v) is 3.73. The average Bonchev–Trinajstić information content (AvgIpc) is 2.70. The quantitative estimate of drug-likeness (QED) is 0.498. The van der Waals surface area contributed by atoms with E-state index in [9.17, 15) is 9.59 Å². The summed E-state index contributed by atoms with van der Waals surface area (Å²) in [5.41, 5.74) is 0.905. The molecule has 0 saturated heterocycles. The summed E-state index contributed by atoms with van der Waals surface area (Å²) in [5, 5.41) is 5.49. The van der Waals surface area contributed by atoms with Crippen molar-refractivity contribution in [2.24, 2.45) is 0 Å². The maximum Gasteiger partial charge on any atom is 0.253 e. The van der Waals surface area contributed by atoms with Crippen molar-refractivity contribution in [2.75, 3.05) is 25.6 Å². The number of carbonyl (C=O) groups is 2. The van der Waals surface area contributed by atoms with Crippen LogP contribution in [0.3, 0.4) is 0 Å². The van der Waals surface area contributed by atoms with Crippen LogP contribution < -0.4 is 20.1 Å². The highest BCUT2D eigenvalue weighted by molar-refractivity contribution is 6.03. The maximum absolute atomic E-state index is 12.2. The van der Waals surface area contributed by atoms with Gasteiger partial charge in [0.05, 0.1) is 25.0 Å². The Hall–Kier alpha value is -3.28. The summed E-state index contributed by atoms with van der Waals surface area (Å²) < 4.78 is 10.7. The summed E-state index contributed by atoms with van der Waals surface area (Å²) in [6, 6.07) is 14.2. The number of rotatable bonds is 10. The van der Waals surface area contributed by atoms with Crippen molar-refractivity contribution in [3.8, 4) is 11.5 Å². The van der Waals surface area contributed by atoms with E-state index in [1.54, 1.807) is 37.5 Å². The number of carbonyl (C=O) groups excluding carboxylic acids is 2. The number of nitrogens with one attached hydrogen (secondary N) is 2. The number of ether oxygens (including phenoxy) is 2. The summed E-state index contributed by atoms with van der Waals surface area (Å²) in [6.07, 6.45) is 2.45. The van der Waals surface area contributed by atoms with Crippen molar-refractivity contribution < 1.29 is 19.1 Å². The van der Waals surface area contributed by atoms with Gasteiger partial charge in [-0.1, -0.05) is 18.2 Å². The molecule has 27 heavy (non-hydrogen) atoms. The van der Waals surface area contributed by atoms with Crippen molar-refractivity contribution in [1.82, 2.24) is 5.32 Å². The second-order valence-electron chi connectivity index (χ2n) is 5.72. The van der Waals surface area contributed by atoms with Crippen molar-refractivity contribution in [3.63, 3.8) is 0 Å². The number of para-hydroxylation sites is 1. The molecule has 6 nitrogen and oxygen atoms in total. The van der Waals surface area contributed by atoms with E-state index in [4.69, 9.17) is 9.47 Å². The van der Waals surface area contributed by atoms with Gasteiger partial charge in [0.15, 0.2) is 0 Å². The zero-order valence-electron chi connectivity index (χ0n) is 15.4. The molecule has 0 heterocycles. The van der Waals surface area contributed by atoms with Crippen LogP contribution in [0.2, 0.25) is 0 Å². The molecule has 2 rings (SSSR count). The Kier molecular flexibility index (Phi) is 7.91. The minimum atomic E-state index is -0.256. The molecule has 2 aromatic rings. The minimum absolute atomic E-state index is 0.169. The van der Waals surface area contributed by atoms with Crippen LogP contribution in [0.25, 0.3) is 0 Å². The highest BCUT2D eigenvalue weighted by Gasteiger charge is 2.12. The van der Waals surface area contributed by atoms with Gasteiger partial charge in [0.25, 0.3) is 5.91 Å². The normalized spacial score (nSPS) is 9.96. The van der Waals surface area contributed by atoms with Gasteiger partial charge < -0.3 is 20.1 Å². The van der Waals surface area contributed by atoms with Crippen LogP contribution in [0.15, 0.2) is 61.2 Å². The third kappa shape index (κ3) is 6.51. The van der Waals surface area contributed by atoms with Gasteiger partial charge in [0.2, 0.25) is 5.91 Å². The number of anilines is 1. The molecule has 142 valence electrons. The van der Waals surface area contributed by atoms with Crippen LogP contribution in [-0.2, 0) is 4.79 Å². The molecule has 0 spiro atoms. The predicted molar refractivity (Wildman–Crippen MR) is 105 cm³/mol. The van der Waals surface area contributed by atoms with Crippen molar-refractivity contribution in [1.29, 1.82) is 0 Å². The summed E-state index contributed by atoms with van der Waals surface area (Å²) in [4.78, 5) is 24.3. The first kappa shape index (κ1) is 20.0. The second-order valence-corrected chi connectivity index (χ2v) is 5.72. The number of methoxy groups -OCH3 is 1. The zero-order chi connectivity index (χ0) is 19.5. The first-order valence-electron chi connectivity index (χ1n) is 8.69. The smallest absolute Gasteiger partial charge is 0.253 e. The molecule has 0 fully saturated rings. The number of hydrogen-bond acceptors (Lipinski definition) is 4. The van der Waals surface area contributed by atoms with Gasteiger partial charge in [0.1, 0.15) is 11.5 Å². The molecule has 2 N–H and O–H groups in total. The van der Waals surface area contributed by atoms with Gasteiger partial charge in [-0.2, -0.15) is 0 Å². The summed E-state index contributed by atoms with van der Waals surface area (Å²) in [6.45, 7) is 4.35. The average molecular weight is 368 g/mol. The van der Waals surface area contributed by atoms with E-state index in [0.717, 1.165) is 11.5 Å². The molecule has 0 aromatic heterocycles. The van der Waals surface area contributed by atoms with Gasteiger partial charge in [-0.15, -0.1) is 6.58 Å². The van der Waals surface area contributed by atoms with Crippen LogP contribution in [0, 0.1) is 0 Å². The Labute approximate surface area is 159 Å². The van der Waals surface area contributed by atoms with Gasteiger partial charge in [-0.3, -0.25) is 9.59 Å². The van der Waals surface area contributed by atoms with E-state index < -0.39 is 0 Å². The lowest BCUT2D eigenvalue weighted by molar-refractivity contribution is -0.116. The molecule has 6 heteroatoms. The Morgan fingerprint density at radius 2 is 1.78 bits per heavy atom. The fraction of sp³-hybridized carbons (Fsp3) is 0.238. The van der Waals surface area contributed by atoms with E-state index in [-0.39, 0.29) is 11.8 Å². The molecule has 2 aromatic carbocycles. The lowest BCUT2D eigenvalue weighted by Crippen LogP contribution is -2.25. The Bertz CT molecular complexity index is 772. The van der Waals surface area contributed by atoms with E-state index in [1.165, 1.54) is 0 Å². The molecule has 2 amide bonds. The van der Waals surface area contributed by atoms with E-state index in [2.05, 4.69) is 17.2 Å². The molecule has 0 saturated carbocycles. The largest absolute Gasteiger partial charge is 0.497 e. The highest BCUT2D eigenvalue weighted by Crippen LogP contribution is 2.18. The summed E-state index contributed by atoms with van der Waals surface area (Å²) in [7, 11) is 1.61. The number of amides is 2. The van der Waals surface area contributed by atoms with E-state index >= 15 is 0 Å². The lowest BCUT2D eigenvalue weighted by Gasteiger charge is -2.11. The van der Waals surface area contributed by atoms with Crippen LogP contribution >= 0.6 is 0 Å². The first-order valence-corrected chi connectivity index (χ1v) is 8.69. The van der Waals surface area contributed by atoms with Crippen molar-refractivity contribution >= 4 is 17.5 Å². The Morgan fingerprint density at radius 1 is 1.07 bits per heavy atom. The monoisotopic (exact) mass is 368 g/mol. The number of benzene rings is 2. The summed E-state index contributed by atoms with van der Waals surface area (Å²) >= 11 is 0. The zero-order valence-corrected chi connectivity index (χ0v) is 15.4. The van der Waals surface area contributed by atoms with Gasteiger partial charge >= 0.3 is 0 Å². The standard InChI is InChI=1S/C21H24N2O4/c1-3-14-22-21(25)18-7-4-5-8-19(18)23-20(24)9-6-15-27-17-12-10-16(26-2)11-13-17/h3-5,7-8,10-13H,1,6,9,14-15H2,2H3,(H,22,25)(H,23,24). The molecule has 0 radical (unpaired) electrons. The molecular formula is C21H24N2O4. The topological polar surface area (TPSA) is 76.7 Å². The maximum atomic E-state index is 12.2. The Balaban J connectivity index is 1.80. The SMILES string of the molecule is C=CCNC(=O)c1ccccc1NC(=O)CCCOc1ccc(OC)cc1. The lowest BCUT2D eigenvalue weighted by atomic mass is 10.1. The van der Waals surface area contributed by atoms with E-state index in [0.29, 0.717) is 37.2 Å². The van der Waals surface area contributed by atoms with Gasteiger partial charge in [0, 0.05) is 13.0 Å². The van der Waals surface area contributed by atoms with Gasteiger partial charge in [-0.25, -0.2) is 0 Å². The van der Waals surface area contributed by atoms with Crippen LogP contribution in [0.1, 0.15) is 23.2 Å². The van der Waals surface area contributed by atoms with Gasteiger partial charge in [-0.05, 0) is 42.8 Å². The highest BCUT2D eigenvalue weighted by atomic mass is 16.5. The molecule has 0 aliphatic heterocycles. The predicted octanol–water partition coefficient (Wildman–Crippen LogP) is 3.41. The summed E-state index contributed by atoms with van der Waals surface area (Å²) in [5.74, 6) is 1.06. The first-order chi connectivity index (χ1) is 13.1. The molecular weight excluding hydrogens is 344 g/mol. The molecule has 0 unspecified atom stereocenters. The van der Waals surface area contributed by atoms with Crippen LogP contribution in [0.5, 0.6) is 11.5 Å².